The summed E-state index contributed by atoms with van der Waals surface area (Å²) in [6.07, 6.45) is -1.52. The molecule has 7 heteroatoms. The van der Waals surface area contributed by atoms with Crippen molar-refractivity contribution in [2.24, 2.45) is 11.1 Å². The Bertz CT molecular complexity index is 569. The van der Waals surface area contributed by atoms with E-state index < -0.39 is 17.2 Å². The molecule has 0 aliphatic heterocycles. The molecule has 0 saturated heterocycles. The van der Waals surface area contributed by atoms with Crippen molar-refractivity contribution in [3.05, 3.63) is 29.3 Å². The van der Waals surface area contributed by atoms with Gasteiger partial charge in [0.2, 0.25) is 5.91 Å². The van der Waals surface area contributed by atoms with E-state index in [4.69, 9.17) is 10.5 Å². The number of hydrogen-bond acceptors (Lipinski definition) is 3. The van der Waals surface area contributed by atoms with Gasteiger partial charge >= 0.3 is 6.18 Å². The van der Waals surface area contributed by atoms with Crippen LogP contribution in [0.25, 0.3) is 0 Å². The summed E-state index contributed by atoms with van der Waals surface area (Å²) in [5, 5.41) is 2.63. The molecule has 1 fully saturated rings. The van der Waals surface area contributed by atoms with Crippen molar-refractivity contribution in [1.29, 1.82) is 0 Å². The first-order valence-electron chi connectivity index (χ1n) is 7.52. The highest BCUT2D eigenvalue weighted by atomic mass is 19.4. The SMILES string of the molecule is COCCC1(C(=O)Nc2cc(CN)cc(C(F)(F)F)c2)CCC1. The highest BCUT2D eigenvalue weighted by molar-refractivity contribution is 5.96. The van der Waals surface area contributed by atoms with Gasteiger partial charge < -0.3 is 15.8 Å². The van der Waals surface area contributed by atoms with Crippen LogP contribution in [0, 0.1) is 5.41 Å². The van der Waals surface area contributed by atoms with Gasteiger partial charge in [-0.15, -0.1) is 0 Å². The Morgan fingerprint density at radius 1 is 1.35 bits per heavy atom. The van der Waals surface area contributed by atoms with Gasteiger partial charge in [-0.05, 0) is 43.0 Å². The van der Waals surface area contributed by atoms with E-state index in [0.29, 0.717) is 18.6 Å². The van der Waals surface area contributed by atoms with E-state index in [1.807, 2.05) is 0 Å². The summed E-state index contributed by atoms with van der Waals surface area (Å²) in [5.74, 6) is -0.247. The number of methoxy groups -OCH3 is 1. The lowest BCUT2D eigenvalue weighted by atomic mass is 9.66. The minimum Gasteiger partial charge on any atom is -0.385 e. The van der Waals surface area contributed by atoms with E-state index in [1.54, 1.807) is 7.11 Å². The van der Waals surface area contributed by atoms with Crippen LogP contribution in [0.1, 0.15) is 36.8 Å². The van der Waals surface area contributed by atoms with Crippen LogP contribution in [0.3, 0.4) is 0 Å². The topological polar surface area (TPSA) is 64.3 Å². The Morgan fingerprint density at radius 3 is 2.52 bits per heavy atom. The van der Waals surface area contributed by atoms with Crippen LogP contribution in [0.15, 0.2) is 18.2 Å². The molecular formula is C16H21F3N2O2. The molecule has 128 valence electrons. The third-order valence-electron chi connectivity index (χ3n) is 4.39. The minimum absolute atomic E-state index is 0.0262. The fourth-order valence-electron chi connectivity index (χ4n) is 2.80. The zero-order valence-corrected chi connectivity index (χ0v) is 13.0. The predicted octanol–water partition coefficient (Wildman–Crippen LogP) is 3.31. The number of ether oxygens (including phenoxy) is 1. The lowest BCUT2D eigenvalue weighted by Gasteiger charge is -2.40. The average Bonchev–Trinajstić information content (AvgIpc) is 2.45. The van der Waals surface area contributed by atoms with Crippen LogP contribution < -0.4 is 11.1 Å². The van der Waals surface area contributed by atoms with Gasteiger partial charge in [0.25, 0.3) is 0 Å². The summed E-state index contributed by atoms with van der Waals surface area (Å²) >= 11 is 0. The summed E-state index contributed by atoms with van der Waals surface area (Å²) in [6.45, 7) is 0.422. The first-order valence-corrected chi connectivity index (χ1v) is 7.52. The Labute approximate surface area is 133 Å². The fourth-order valence-corrected chi connectivity index (χ4v) is 2.80. The number of hydrogen-bond donors (Lipinski definition) is 2. The molecule has 0 unspecified atom stereocenters. The second-order valence-corrected chi connectivity index (χ2v) is 5.95. The van der Waals surface area contributed by atoms with Crippen LogP contribution >= 0.6 is 0 Å². The summed E-state index contributed by atoms with van der Waals surface area (Å²) in [7, 11) is 1.56. The zero-order valence-electron chi connectivity index (χ0n) is 13.0. The van der Waals surface area contributed by atoms with Crippen LogP contribution in [0.2, 0.25) is 0 Å². The van der Waals surface area contributed by atoms with E-state index in [1.165, 1.54) is 6.07 Å². The van der Waals surface area contributed by atoms with Crippen molar-refractivity contribution < 1.29 is 22.7 Å². The zero-order chi connectivity index (χ0) is 17.1. The lowest BCUT2D eigenvalue weighted by Crippen LogP contribution is -2.42. The molecule has 1 aliphatic carbocycles. The molecule has 3 N–H and O–H groups in total. The average molecular weight is 330 g/mol. The molecule has 0 aromatic heterocycles. The van der Waals surface area contributed by atoms with E-state index in [2.05, 4.69) is 5.32 Å². The van der Waals surface area contributed by atoms with Crippen molar-refractivity contribution in [3.8, 4) is 0 Å². The molecular weight excluding hydrogens is 309 g/mol. The predicted molar refractivity (Wildman–Crippen MR) is 80.7 cm³/mol. The maximum absolute atomic E-state index is 12.9. The molecule has 0 heterocycles. The number of amides is 1. The van der Waals surface area contributed by atoms with Crippen molar-refractivity contribution in [1.82, 2.24) is 0 Å². The Morgan fingerprint density at radius 2 is 2.04 bits per heavy atom. The van der Waals surface area contributed by atoms with Gasteiger partial charge in [0, 0.05) is 25.9 Å². The first-order chi connectivity index (χ1) is 10.8. The molecule has 1 aromatic carbocycles. The molecule has 4 nitrogen and oxygen atoms in total. The molecule has 0 radical (unpaired) electrons. The number of nitrogens with two attached hydrogens (primary N) is 1. The van der Waals surface area contributed by atoms with E-state index >= 15 is 0 Å². The number of rotatable bonds is 6. The fraction of sp³-hybridized carbons (Fsp3) is 0.562. The summed E-state index contributed by atoms with van der Waals surface area (Å²) < 4.78 is 43.8. The minimum atomic E-state index is -4.48. The van der Waals surface area contributed by atoms with Crippen LogP contribution in [-0.4, -0.2) is 19.6 Å². The second kappa shape index (κ2) is 6.88. The van der Waals surface area contributed by atoms with Crippen molar-refractivity contribution in [2.45, 2.75) is 38.4 Å². The molecule has 2 rings (SSSR count). The maximum Gasteiger partial charge on any atom is 0.416 e. The van der Waals surface area contributed by atoms with Crippen molar-refractivity contribution >= 4 is 11.6 Å². The molecule has 1 aliphatic rings. The number of alkyl halides is 3. The molecule has 0 bridgehead atoms. The largest absolute Gasteiger partial charge is 0.416 e. The smallest absolute Gasteiger partial charge is 0.385 e. The van der Waals surface area contributed by atoms with Gasteiger partial charge in [-0.2, -0.15) is 13.2 Å². The molecule has 1 amide bonds. The maximum atomic E-state index is 12.9. The molecule has 0 atom stereocenters. The van der Waals surface area contributed by atoms with Crippen LogP contribution in [-0.2, 0) is 22.3 Å². The monoisotopic (exact) mass is 330 g/mol. The molecule has 1 saturated carbocycles. The summed E-state index contributed by atoms with van der Waals surface area (Å²) in [5.41, 5.74) is 4.57. The third kappa shape index (κ3) is 4.03. The van der Waals surface area contributed by atoms with Crippen molar-refractivity contribution in [3.63, 3.8) is 0 Å². The number of nitrogens with one attached hydrogen (secondary N) is 1. The number of carbonyl (C=O) groups excluding carboxylic acids is 1. The quantitative estimate of drug-likeness (QED) is 0.841. The third-order valence-corrected chi connectivity index (χ3v) is 4.39. The number of carbonyl (C=O) groups is 1. The second-order valence-electron chi connectivity index (χ2n) is 5.95. The van der Waals surface area contributed by atoms with E-state index in [-0.39, 0.29) is 18.1 Å². The lowest BCUT2D eigenvalue weighted by molar-refractivity contribution is -0.137. The number of anilines is 1. The van der Waals surface area contributed by atoms with Gasteiger partial charge in [-0.3, -0.25) is 4.79 Å². The Balaban J connectivity index is 2.20. The van der Waals surface area contributed by atoms with Crippen LogP contribution in [0.4, 0.5) is 18.9 Å². The molecule has 0 spiro atoms. The Hall–Kier alpha value is -1.60. The van der Waals surface area contributed by atoms with Gasteiger partial charge in [0.05, 0.1) is 11.0 Å². The molecule has 1 aromatic rings. The molecule has 23 heavy (non-hydrogen) atoms. The number of benzene rings is 1. The normalized spacial score (nSPS) is 16.7. The van der Waals surface area contributed by atoms with E-state index in [0.717, 1.165) is 31.4 Å². The number of halogens is 3. The highest BCUT2D eigenvalue weighted by Gasteiger charge is 2.43. The standard InChI is InChI=1S/C16H21F3N2O2/c1-23-6-5-15(3-2-4-15)14(22)21-13-8-11(10-20)7-12(9-13)16(17,18)19/h7-9H,2-6,10,20H2,1H3,(H,21,22). The first kappa shape index (κ1) is 17.7. The van der Waals surface area contributed by atoms with Gasteiger partial charge in [-0.1, -0.05) is 6.42 Å². The Kier molecular flexibility index (Phi) is 5.31. The van der Waals surface area contributed by atoms with Crippen molar-refractivity contribution in [2.75, 3.05) is 19.0 Å². The van der Waals surface area contributed by atoms with Gasteiger partial charge in [0.15, 0.2) is 0 Å². The van der Waals surface area contributed by atoms with Crippen LogP contribution in [0.5, 0.6) is 0 Å². The van der Waals surface area contributed by atoms with Gasteiger partial charge in [-0.25, -0.2) is 0 Å². The van der Waals surface area contributed by atoms with Gasteiger partial charge in [0.1, 0.15) is 0 Å². The summed E-state index contributed by atoms with van der Waals surface area (Å²) in [6, 6.07) is 3.43. The summed E-state index contributed by atoms with van der Waals surface area (Å²) in [4.78, 5) is 12.5. The van der Waals surface area contributed by atoms with E-state index in [9.17, 15) is 18.0 Å². The highest BCUT2D eigenvalue weighted by Crippen LogP contribution is 2.45.